The lowest BCUT2D eigenvalue weighted by atomic mass is 9.92. The number of amides is 3. The van der Waals surface area contributed by atoms with Gasteiger partial charge in [0.05, 0.1) is 7.11 Å². The van der Waals surface area contributed by atoms with Crippen molar-refractivity contribution in [3.8, 4) is 5.75 Å². The van der Waals surface area contributed by atoms with Gasteiger partial charge in [0.25, 0.3) is 5.91 Å². The summed E-state index contributed by atoms with van der Waals surface area (Å²) in [4.78, 5) is 39.9. The van der Waals surface area contributed by atoms with Crippen LogP contribution in [0.15, 0.2) is 36.4 Å². The maximum Gasteiger partial charge on any atom is 0.251 e. The summed E-state index contributed by atoms with van der Waals surface area (Å²) in [5.41, 5.74) is -0.111. The zero-order chi connectivity index (χ0) is 23.7. The molecule has 3 atom stereocenters. The van der Waals surface area contributed by atoms with Crippen LogP contribution in [0.25, 0.3) is 0 Å². The minimum atomic E-state index is -1.26. The van der Waals surface area contributed by atoms with Crippen LogP contribution in [0.5, 0.6) is 5.75 Å². The van der Waals surface area contributed by atoms with Gasteiger partial charge >= 0.3 is 0 Å². The molecule has 0 bridgehead atoms. The molecule has 10 heteroatoms. The monoisotopic (exact) mass is 477 g/mol. The lowest BCUT2D eigenvalue weighted by Crippen LogP contribution is -2.53. The van der Waals surface area contributed by atoms with Crippen LogP contribution < -0.4 is 15.4 Å². The third-order valence-electron chi connectivity index (χ3n) is 6.03. The van der Waals surface area contributed by atoms with Gasteiger partial charge in [-0.3, -0.25) is 14.4 Å². The summed E-state index contributed by atoms with van der Waals surface area (Å²) in [5, 5.41) is 5.75. The Morgan fingerprint density at radius 2 is 1.85 bits per heavy atom. The molecule has 0 saturated carbocycles. The van der Waals surface area contributed by atoms with Crippen molar-refractivity contribution in [2.45, 2.75) is 30.8 Å². The maximum absolute atomic E-state index is 14.9. The molecule has 174 valence electrons. The predicted molar refractivity (Wildman–Crippen MR) is 116 cm³/mol. The second-order valence-electron chi connectivity index (χ2n) is 8.01. The number of hydrogen-bond donors (Lipinski definition) is 2. The summed E-state index contributed by atoms with van der Waals surface area (Å²) < 4.78 is 34.8. The van der Waals surface area contributed by atoms with E-state index in [2.05, 4.69) is 10.6 Å². The summed E-state index contributed by atoms with van der Waals surface area (Å²) in [5.74, 6) is -4.35. The van der Waals surface area contributed by atoms with Gasteiger partial charge < -0.3 is 20.3 Å². The average molecular weight is 478 g/mol. The summed E-state index contributed by atoms with van der Waals surface area (Å²) in [6.45, 7) is 0.377. The second-order valence-corrected chi connectivity index (χ2v) is 8.45. The van der Waals surface area contributed by atoms with E-state index in [0.29, 0.717) is 24.4 Å². The van der Waals surface area contributed by atoms with Crippen molar-refractivity contribution in [2.75, 3.05) is 20.2 Å². The van der Waals surface area contributed by atoms with Crippen molar-refractivity contribution in [2.24, 2.45) is 0 Å². The van der Waals surface area contributed by atoms with E-state index in [1.807, 2.05) is 0 Å². The number of benzene rings is 2. The minimum Gasteiger partial charge on any atom is -0.497 e. The van der Waals surface area contributed by atoms with E-state index in [4.69, 9.17) is 16.3 Å². The van der Waals surface area contributed by atoms with Gasteiger partial charge in [-0.15, -0.1) is 0 Å². The number of methoxy groups -OCH3 is 1. The van der Waals surface area contributed by atoms with Gasteiger partial charge in [-0.2, -0.15) is 0 Å². The average Bonchev–Trinajstić information content (AvgIpc) is 3.09. The normalized spacial score (nSPS) is 22.8. The highest BCUT2D eigenvalue weighted by atomic mass is 35.5. The molecule has 2 fully saturated rings. The zero-order valence-electron chi connectivity index (χ0n) is 17.7. The first-order valence-electron chi connectivity index (χ1n) is 10.5. The van der Waals surface area contributed by atoms with Gasteiger partial charge in [0.1, 0.15) is 29.5 Å². The molecule has 2 N–H and O–H groups in total. The van der Waals surface area contributed by atoms with Crippen molar-refractivity contribution < 1.29 is 27.9 Å². The van der Waals surface area contributed by atoms with Gasteiger partial charge in [0.15, 0.2) is 0 Å². The summed E-state index contributed by atoms with van der Waals surface area (Å²) in [6, 6.07) is 6.02. The Kier molecular flexibility index (Phi) is 6.51. The Labute approximate surface area is 194 Å². The number of carbonyl (C=O) groups is 3. The molecule has 0 aromatic heterocycles. The number of nitrogens with one attached hydrogen (secondary N) is 2. The van der Waals surface area contributed by atoms with Crippen LogP contribution in [0.3, 0.4) is 0 Å². The molecule has 2 heterocycles. The van der Waals surface area contributed by atoms with Crippen LogP contribution in [0.2, 0.25) is 5.02 Å². The molecule has 2 aromatic carbocycles. The lowest BCUT2D eigenvalue weighted by molar-refractivity contribution is -0.139. The van der Waals surface area contributed by atoms with Crippen LogP contribution in [-0.2, 0) is 9.59 Å². The molecule has 2 aliphatic rings. The minimum absolute atomic E-state index is 0.0108. The Balaban J connectivity index is 1.70. The van der Waals surface area contributed by atoms with Crippen LogP contribution >= 0.6 is 11.6 Å². The van der Waals surface area contributed by atoms with Crippen molar-refractivity contribution in [1.29, 1.82) is 0 Å². The Bertz CT molecular complexity index is 1070. The molecule has 4 rings (SSSR count). The predicted octanol–water partition coefficient (Wildman–Crippen LogP) is 2.63. The second kappa shape index (κ2) is 9.35. The number of halogens is 3. The molecule has 2 aromatic rings. The third-order valence-corrected chi connectivity index (χ3v) is 6.28. The SMILES string of the molecule is COc1cc(F)c([C@@H]2CN(C3CCCNC3=O)C(=O)[C@H]2NC(=O)c2ccc(Cl)cc2)c(F)c1. The van der Waals surface area contributed by atoms with Gasteiger partial charge in [0.2, 0.25) is 11.8 Å². The molecule has 2 saturated heterocycles. The molecular formula is C23H22ClF2N3O4. The molecule has 3 amide bonds. The largest absolute Gasteiger partial charge is 0.497 e. The molecule has 0 radical (unpaired) electrons. The third kappa shape index (κ3) is 4.50. The summed E-state index contributed by atoms with van der Waals surface area (Å²) in [7, 11) is 1.28. The first-order chi connectivity index (χ1) is 15.8. The molecule has 7 nitrogen and oxygen atoms in total. The van der Waals surface area contributed by atoms with Crippen molar-refractivity contribution in [3.63, 3.8) is 0 Å². The number of piperidine rings is 1. The highest BCUT2D eigenvalue weighted by Gasteiger charge is 2.48. The van der Waals surface area contributed by atoms with Crippen molar-refractivity contribution >= 4 is 29.3 Å². The molecule has 33 heavy (non-hydrogen) atoms. The van der Waals surface area contributed by atoms with Crippen LogP contribution in [0.4, 0.5) is 8.78 Å². The van der Waals surface area contributed by atoms with E-state index >= 15 is 0 Å². The zero-order valence-corrected chi connectivity index (χ0v) is 18.5. The fraction of sp³-hybridized carbons (Fsp3) is 0.348. The van der Waals surface area contributed by atoms with Crippen molar-refractivity contribution in [3.05, 3.63) is 64.2 Å². The standard InChI is InChI=1S/C23H22ClF2N3O4/c1-33-14-9-16(25)19(17(26)10-14)15-11-29(18-3-2-8-27-22(18)31)23(32)20(15)28-21(30)12-4-6-13(24)7-5-12/h4-7,9-10,15,18,20H,2-3,8,11H2,1H3,(H,27,31)(H,28,30)/t15-,18?,20-/m0/s1. The van der Waals surface area contributed by atoms with E-state index < -0.39 is 41.5 Å². The van der Waals surface area contributed by atoms with Gasteiger partial charge in [0, 0.05) is 47.3 Å². The lowest BCUT2D eigenvalue weighted by Gasteiger charge is -2.30. The van der Waals surface area contributed by atoms with Gasteiger partial charge in [-0.25, -0.2) is 8.78 Å². The fourth-order valence-corrected chi connectivity index (χ4v) is 4.50. The summed E-state index contributed by atoms with van der Waals surface area (Å²) in [6.07, 6.45) is 1.09. The molecule has 2 aliphatic heterocycles. The summed E-state index contributed by atoms with van der Waals surface area (Å²) >= 11 is 5.87. The van der Waals surface area contributed by atoms with E-state index in [0.717, 1.165) is 12.1 Å². The number of carbonyl (C=O) groups excluding carboxylic acids is 3. The van der Waals surface area contributed by atoms with Crippen LogP contribution in [0, 0.1) is 11.6 Å². The van der Waals surface area contributed by atoms with Crippen LogP contribution in [0.1, 0.15) is 34.7 Å². The number of hydrogen-bond acceptors (Lipinski definition) is 4. The first kappa shape index (κ1) is 23.0. The quantitative estimate of drug-likeness (QED) is 0.693. The van der Waals surface area contributed by atoms with E-state index in [-0.39, 0.29) is 29.3 Å². The van der Waals surface area contributed by atoms with Crippen LogP contribution in [-0.4, -0.2) is 54.9 Å². The number of likely N-dealkylation sites (tertiary alicyclic amines) is 1. The molecule has 0 aliphatic carbocycles. The van der Waals surface area contributed by atoms with Gasteiger partial charge in [-0.05, 0) is 37.1 Å². The Morgan fingerprint density at radius 1 is 1.18 bits per heavy atom. The highest BCUT2D eigenvalue weighted by Crippen LogP contribution is 2.36. The Hall–Kier alpha value is -3.20. The van der Waals surface area contributed by atoms with E-state index in [1.54, 1.807) is 0 Å². The number of nitrogens with zero attached hydrogens (tertiary/aromatic N) is 1. The first-order valence-corrected chi connectivity index (χ1v) is 10.9. The van der Waals surface area contributed by atoms with Crippen molar-refractivity contribution in [1.82, 2.24) is 15.5 Å². The van der Waals surface area contributed by atoms with E-state index in [9.17, 15) is 23.2 Å². The molecular weight excluding hydrogens is 456 g/mol. The maximum atomic E-state index is 14.9. The topological polar surface area (TPSA) is 87.7 Å². The fourth-order valence-electron chi connectivity index (χ4n) is 4.37. The molecule has 0 spiro atoms. The number of ether oxygens (including phenoxy) is 1. The molecule has 1 unspecified atom stereocenters. The van der Waals surface area contributed by atoms with E-state index in [1.165, 1.54) is 36.3 Å². The highest BCUT2D eigenvalue weighted by molar-refractivity contribution is 6.30. The Morgan fingerprint density at radius 3 is 2.45 bits per heavy atom. The van der Waals surface area contributed by atoms with Gasteiger partial charge in [-0.1, -0.05) is 11.6 Å². The smallest absolute Gasteiger partial charge is 0.251 e. The number of rotatable bonds is 5.